The number of fused-ring (bicyclic) bond motifs is 2. The van der Waals surface area contributed by atoms with Crippen molar-refractivity contribution in [1.29, 1.82) is 0 Å². The Hall–Kier alpha value is -4.24. The van der Waals surface area contributed by atoms with Gasteiger partial charge in [0.1, 0.15) is 10.7 Å². The lowest BCUT2D eigenvalue weighted by Crippen LogP contribution is -2.34. The van der Waals surface area contributed by atoms with Crippen LogP contribution in [0.5, 0.6) is 0 Å². The molecule has 0 spiro atoms. The maximum atomic E-state index is 13.8. The molecule has 9 heteroatoms. The summed E-state index contributed by atoms with van der Waals surface area (Å²) in [6.07, 6.45) is 1.54. The first-order chi connectivity index (χ1) is 19.7. The van der Waals surface area contributed by atoms with Gasteiger partial charge >= 0.3 is 11.9 Å². The molecule has 212 valence electrons. The molecule has 0 saturated carbocycles. The number of carbonyl (C=O) groups is 3. The number of nitrogens with zero attached hydrogens (tertiary/aromatic N) is 1. The van der Waals surface area contributed by atoms with Gasteiger partial charge in [-0.1, -0.05) is 62.4 Å². The maximum Gasteiger partial charge on any atom is 0.356 e. The number of anilines is 1. The highest BCUT2D eigenvalue weighted by Crippen LogP contribution is 2.40. The van der Waals surface area contributed by atoms with E-state index in [1.807, 2.05) is 36.4 Å². The number of thiophene rings is 1. The highest BCUT2D eigenvalue weighted by atomic mass is 32.1. The zero-order chi connectivity index (χ0) is 29.3. The third kappa shape index (κ3) is 5.29. The Morgan fingerprint density at radius 3 is 2.41 bits per heavy atom. The number of amides is 1. The summed E-state index contributed by atoms with van der Waals surface area (Å²) in [6, 6.07) is 16.4. The molecule has 2 atom stereocenters. The van der Waals surface area contributed by atoms with Crippen molar-refractivity contribution in [3.8, 4) is 11.1 Å². The molecule has 0 bridgehead atoms. The summed E-state index contributed by atoms with van der Waals surface area (Å²) in [4.78, 5) is 54.2. The highest BCUT2D eigenvalue weighted by molar-refractivity contribution is 7.17. The van der Waals surface area contributed by atoms with Crippen LogP contribution in [0.2, 0.25) is 0 Å². The SMILES string of the molecule is CCC(OC(=O)c1c(-c2ccccc2)c2ccccc2c(=O)n1C)C(=O)Nc1sc2c(c1C(=O)OC)CCC(C)C2. The Balaban J connectivity index is 1.50. The van der Waals surface area contributed by atoms with E-state index in [1.165, 1.54) is 30.1 Å². The van der Waals surface area contributed by atoms with Crippen LogP contribution < -0.4 is 10.9 Å². The molecule has 8 nitrogen and oxygen atoms in total. The molecule has 2 unspecified atom stereocenters. The first kappa shape index (κ1) is 28.3. The lowest BCUT2D eigenvalue weighted by Gasteiger charge is -2.20. The Morgan fingerprint density at radius 1 is 1.05 bits per heavy atom. The van der Waals surface area contributed by atoms with Crippen molar-refractivity contribution in [2.45, 2.75) is 45.6 Å². The zero-order valence-corrected chi connectivity index (χ0v) is 24.3. The molecule has 2 aromatic heterocycles. The quantitative estimate of drug-likeness (QED) is 0.283. The largest absolute Gasteiger partial charge is 0.465 e. The van der Waals surface area contributed by atoms with Gasteiger partial charge in [-0.15, -0.1) is 11.3 Å². The van der Waals surface area contributed by atoms with Crippen LogP contribution in [0.1, 0.15) is 58.0 Å². The number of methoxy groups -OCH3 is 1. The van der Waals surface area contributed by atoms with Gasteiger partial charge in [0.15, 0.2) is 6.10 Å². The third-order valence-corrected chi connectivity index (χ3v) is 8.78. The number of ether oxygens (including phenoxy) is 2. The van der Waals surface area contributed by atoms with E-state index in [4.69, 9.17) is 9.47 Å². The molecule has 5 rings (SSSR count). The van der Waals surface area contributed by atoms with Crippen LogP contribution in [-0.4, -0.2) is 35.6 Å². The van der Waals surface area contributed by atoms with E-state index in [0.29, 0.717) is 32.8 Å². The molecule has 2 heterocycles. The van der Waals surface area contributed by atoms with Gasteiger partial charge in [0, 0.05) is 22.9 Å². The number of aromatic nitrogens is 1. The molecule has 1 N–H and O–H groups in total. The first-order valence-electron chi connectivity index (χ1n) is 13.7. The van der Waals surface area contributed by atoms with Gasteiger partial charge in [-0.3, -0.25) is 9.59 Å². The first-order valence-corrected chi connectivity index (χ1v) is 14.5. The highest BCUT2D eigenvalue weighted by Gasteiger charge is 2.32. The van der Waals surface area contributed by atoms with E-state index >= 15 is 0 Å². The summed E-state index contributed by atoms with van der Waals surface area (Å²) in [5.41, 5.74) is 2.30. The average Bonchev–Trinajstić information content (AvgIpc) is 3.33. The van der Waals surface area contributed by atoms with E-state index in [0.717, 1.165) is 35.3 Å². The average molecular weight is 573 g/mol. The summed E-state index contributed by atoms with van der Waals surface area (Å²) in [5, 5.41) is 4.33. The van der Waals surface area contributed by atoms with Crippen molar-refractivity contribution < 1.29 is 23.9 Å². The second kappa shape index (κ2) is 11.7. The number of rotatable bonds is 7. The number of pyridine rings is 1. The topological polar surface area (TPSA) is 104 Å². The molecule has 1 aliphatic carbocycles. The Morgan fingerprint density at radius 2 is 1.73 bits per heavy atom. The second-order valence-corrected chi connectivity index (χ2v) is 11.4. The summed E-state index contributed by atoms with van der Waals surface area (Å²) < 4.78 is 12.1. The number of carbonyl (C=O) groups excluding carboxylic acids is 3. The Labute approximate surface area is 241 Å². The third-order valence-electron chi connectivity index (χ3n) is 7.61. The predicted octanol–water partition coefficient (Wildman–Crippen LogP) is 5.75. The maximum absolute atomic E-state index is 13.8. The van der Waals surface area contributed by atoms with Gasteiger partial charge in [0.05, 0.1) is 12.7 Å². The van der Waals surface area contributed by atoms with E-state index in [-0.39, 0.29) is 17.7 Å². The van der Waals surface area contributed by atoms with Crippen molar-refractivity contribution in [1.82, 2.24) is 4.57 Å². The van der Waals surface area contributed by atoms with Crippen LogP contribution >= 0.6 is 11.3 Å². The summed E-state index contributed by atoms with van der Waals surface area (Å²) >= 11 is 1.37. The fraction of sp³-hybridized carbons (Fsp3) is 0.312. The lowest BCUT2D eigenvalue weighted by molar-refractivity contribution is -0.124. The summed E-state index contributed by atoms with van der Waals surface area (Å²) in [6.45, 7) is 3.90. The smallest absolute Gasteiger partial charge is 0.356 e. The number of benzene rings is 2. The van der Waals surface area contributed by atoms with Crippen LogP contribution in [-0.2, 0) is 34.2 Å². The molecular formula is C32H32N2O6S. The second-order valence-electron chi connectivity index (χ2n) is 10.3. The van der Waals surface area contributed by atoms with Gasteiger partial charge < -0.3 is 19.4 Å². The molecule has 0 saturated heterocycles. The monoisotopic (exact) mass is 572 g/mol. The van der Waals surface area contributed by atoms with Gasteiger partial charge in [-0.05, 0) is 54.2 Å². The molecular weight excluding hydrogens is 540 g/mol. The van der Waals surface area contributed by atoms with Crippen molar-refractivity contribution in [3.63, 3.8) is 0 Å². The van der Waals surface area contributed by atoms with Crippen molar-refractivity contribution >= 4 is 45.0 Å². The Bertz CT molecular complexity index is 1700. The van der Waals surface area contributed by atoms with Crippen molar-refractivity contribution in [2.24, 2.45) is 13.0 Å². The minimum absolute atomic E-state index is 0.0574. The normalized spacial score (nSPS) is 15.2. The minimum Gasteiger partial charge on any atom is -0.465 e. The molecule has 0 aliphatic heterocycles. The minimum atomic E-state index is -1.16. The van der Waals surface area contributed by atoms with E-state index in [2.05, 4.69) is 12.2 Å². The molecule has 4 aromatic rings. The fourth-order valence-electron chi connectivity index (χ4n) is 5.46. The van der Waals surface area contributed by atoms with Crippen LogP contribution in [0.4, 0.5) is 5.00 Å². The summed E-state index contributed by atoms with van der Waals surface area (Å²) in [7, 11) is 2.84. The van der Waals surface area contributed by atoms with Crippen LogP contribution in [0.3, 0.4) is 0 Å². The number of nitrogens with one attached hydrogen (secondary N) is 1. The molecule has 41 heavy (non-hydrogen) atoms. The Kier molecular flexibility index (Phi) is 8.08. The van der Waals surface area contributed by atoms with Crippen molar-refractivity contribution in [2.75, 3.05) is 12.4 Å². The van der Waals surface area contributed by atoms with E-state index in [1.54, 1.807) is 25.1 Å². The molecule has 0 radical (unpaired) electrons. The molecule has 1 amide bonds. The zero-order valence-electron chi connectivity index (χ0n) is 23.5. The standard InChI is InChI=1S/C32H32N2O6S/c1-5-23(28(35)33-29-26(31(37)39-4)22-16-15-18(2)17-24(22)41-29)40-32(38)27-25(19-11-7-6-8-12-19)20-13-9-10-14-21(20)30(36)34(27)3/h6-14,18,23H,5,15-17H2,1-4H3,(H,33,35). The molecule has 0 fully saturated rings. The summed E-state index contributed by atoms with van der Waals surface area (Å²) in [5.74, 6) is -1.36. The van der Waals surface area contributed by atoms with Gasteiger partial charge in [-0.2, -0.15) is 0 Å². The van der Waals surface area contributed by atoms with Gasteiger partial charge in [0.25, 0.3) is 11.5 Å². The van der Waals surface area contributed by atoms with E-state index in [9.17, 15) is 19.2 Å². The van der Waals surface area contributed by atoms with Crippen LogP contribution in [0, 0.1) is 5.92 Å². The van der Waals surface area contributed by atoms with E-state index < -0.39 is 23.9 Å². The number of hydrogen-bond donors (Lipinski definition) is 1. The molecule has 1 aliphatic rings. The predicted molar refractivity (Wildman–Crippen MR) is 160 cm³/mol. The van der Waals surface area contributed by atoms with Crippen molar-refractivity contribution in [3.05, 3.63) is 86.6 Å². The van der Waals surface area contributed by atoms with Gasteiger partial charge in [0.2, 0.25) is 0 Å². The molecule has 2 aromatic carbocycles. The van der Waals surface area contributed by atoms with Crippen LogP contribution in [0.15, 0.2) is 59.4 Å². The number of hydrogen-bond acceptors (Lipinski definition) is 7. The number of esters is 2. The van der Waals surface area contributed by atoms with Gasteiger partial charge in [-0.25, -0.2) is 9.59 Å². The fourth-order valence-corrected chi connectivity index (χ4v) is 6.86. The lowest BCUT2D eigenvalue weighted by atomic mass is 9.88. The van der Waals surface area contributed by atoms with Crippen LogP contribution in [0.25, 0.3) is 21.9 Å².